The molecule has 37 heavy (non-hydrogen) atoms. The first kappa shape index (κ1) is 32.6. The summed E-state index contributed by atoms with van der Waals surface area (Å²) in [6, 6.07) is 2.17. The average molecular weight is 557 g/mol. The fourth-order valence-electron chi connectivity index (χ4n) is 3.44. The first-order valence-electron chi connectivity index (χ1n) is 12.2. The van der Waals surface area contributed by atoms with Gasteiger partial charge in [0, 0.05) is 6.42 Å². The number of carbonyl (C=O) groups is 4. The van der Waals surface area contributed by atoms with Crippen LogP contribution in [0.15, 0.2) is 24.3 Å². The summed E-state index contributed by atoms with van der Waals surface area (Å²) in [6.07, 6.45) is 5.18. The number of thioether (sulfide) groups is 2. The van der Waals surface area contributed by atoms with Gasteiger partial charge in [0.05, 0.1) is 6.04 Å². The van der Waals surface area contributed by atoms with Crippen LogP contribution in [0.4, 0.5) is 0 Å². The van der Waals surface area contributed by atoms with Gasteiger partial charge in [-0.05, 0) is 60.5 Å². The van der Waals surface area contributed by atoms with E-state index in [0.29, 0.717) is 36.3 Å². The van der Waals surface area contributed by atoms with Gasteiger partial charge >= 0.3 is 5.97 Å². The molecule has 0 aromatic heterocycles. The molecule has 0 saturated carbocycles. The smallest absolute Gasteiger partial charge is 0.326 e. The third-order valence-corrected chi connectivity index (χ3v) is 7.29. The Morgan fingerprint density at radius 1 is 0.892 bits per heavy atom. The summed E-state index contributed by atoms with van der Waals surface area (Å²) in [4.78, 5) is 50.8. The number of benzene rings is 1. The number of hydrogen-bond acceptors (Lipinski definition) is 8. The Hall–Kier alpha value is -2.44. The van der Waals surface area contributed by atoms with E-state index in [-0.39, 0.29) is 18.1 Å². The number of aromatic hydroxyl groups is 1. The molecule has 3 amide bonds. The molecule has 10 nitrogen and oxygen atoms in total. The van der Waals surface area contributed by atoms with E-state index in [1.807, 2.05) is 19.4 Å². The van der Waals surface area contributed by atoms with Gasteiger partial charge in [0.25, 0.3) is 0 Å². The molecule has 5 atom stereocenters. The average Bonchev–Trinajstić information content (AvgIpc) is 2.87. The van der Waals surface area contributed by atoms with Gasteiger partial charge in [-0.1, -0.05) is 32.4 Å². The van der Waals surface area contributed by atoms with Crippen LogP contribution in [0.2, 0.25) is 0 Å². The summed E-state index contributed by atoms with van der Waals surface area (Å²) >= 11 is 3.09. The maximum Gasteiger partial charge on any atom is 0.326 e. The monoisotopic (exact) mass is 556 g/mol. The van der Waals surface area contributed by atoms with E-state index < -0.39 is 47.9 Å². The standard InChI is InChI=1S/C25H40N4O6S2/c1-5-15(2)21(24(33)28-20(25(34)35)14-16-6-8-17(30)9-7-16)29-23(32)19(11-13-37-4)27-22(31)18(26)10-12-36-3/h6-9,15,18-21,30H,5,10-14,26H2,1-4H3,(H,27,31)(H,28,33)(H,29,32)(H,34,35). The molecule has 208 valence electrons. The van der Waals surface area contributed by atoms with Gasteiger partial charge in [0.15, 0.2) is 0 Å². The number of carbonyl (C=O) groups excluding carboxylic acids is 3. The summed E-state index contributed by atoms with van der Waals surface area (Å²) in [5, 5.41) is 27.1. The first-order chi connectivity index (χ1) is 17.5. The summed E-state index contributed by atoms with van der Waals surface area (Å²) in [7, 11) is 0. The van der Waals surface area contributed by atoms with Crippen molar-refractivity contribution in [3.8, 4) is 5.75 Å². The number of carboxylic acids is 1. The van der Waals surface area contributed by atoms with Gasteiger partial charge in [0.1, 0.15) is 23.9 Å². The Labute approximate surface area is 227 Å². The number of carboxylic acid groups (broad SMARTS) is 1. The second-order valence-corrected chi connectivity index (χ2v) is 10.8. The van der Waals surface area contributed by atoms with Crippen molar-refractivity contribution in [1.82, 2.24) is 16.0 Å². The lowest BCUT2D eigenvalue weighted by Gasteiger charge is -2.28. The summed E-state index contributed by atoms with van der Waals surface area (Å²) in [5.74, 6) is -1.74. The van der Waals surface area contributed by atoms with Crippen molar-refractivity contribution in [3.05, 3.63) is 29.8 Å². The Morgan fingerprint density at radius 2 is 1.46 bits per heavy atom. The predicted octanol–water partition coefficient (Wildman–Crippen LogP) is 1.35. The van der Waals surface area contributed by atoms with Crippen LogP contribution in [-0.4, -0.2) is 82.1 Å². The molecule has 12 heteroatoms. The minimum atomic E-state index is -1.23. The molecule has 1 aromatic carbocycles. The van der Waals surface area contributed by atoms with Crippen molar-refractivity contribution in [3.63, 3.8) is 0 Å². The molecule has 0 spiro atoms. The van der Waals surface area contributed by atoms with Crippen LogP contribution in [-0.2, 0) is 25.6 Å². The topological polar surface area (TPSA) is 171 Å². The number of nitrogens with one attached hydrogen (secondary N) is 3. The molecule has 0 aliphatic heterocycles. The minimum absolute atomic E-state index is 0.00284. The second kappa shape index (κ2) is 17.1. The van der Waals surface area contributed by atoms with E-state index in [4.69, 9.17) is 5.73 Å². The number of aliphatic carboxylic acids is 1. The van der Waals surface area contributed by atoms with Crippen molar-refractivity contribution < 1.29 is 29.4 Å². The number of rotatable bonds is 17. The van der Waals surface area contributed by atoms with Gasteiger partial charge < -0.3 is 31.9 Å². The fourth-order valence-corrected chi connectivity index (χ4v) is 4.41. The zero-order valence-electron chi connectivity index (χ0n) is 21.9. The van der Waals surface area contributed by atoms with E-state index in [0.717, 1.165) is 0 Å². The van der Waals surface area contributed by atoms with Crippen molar-refractivity contribution in [2.75, 3.05) is 24.0 Å². The lowest BCUT2D eigenvalue weighted by molar-refractivity contribution is -0.142. The van der Waals surface area contributed by atoms with Gasteiger partial charge in [0.2, 0.25) is 17.7 Å². The Balaban J connectivity index is 2.99. The summed E-state index contributed by atoms with van der Waals surface area (Å²) in [6.45, 7) is 3.65. The molecule has 1 aromatic rings. The highest BCUT2D eigenvalue weighted by molar-refractivity contribution is 7.98. The highest BCUT2D eigenvalue weighted by atomic mass is 32.2. The lowest BCUT2D eigenvalue weighted by atomic mass is 9.96. The summed E-state index contributed by atoms with van der Waals surface area (Å²) in [5.41, 5.74) is 6.58. The zero-order valence-corrected chi connectivity index (χ0v) is 23.5. The van der Waals surface area contributed by atoms with Crippen LogP contribution in [0.25, 0.3) is 0 Å². The van der Waals surface area contributed by atoms with Crippen LogP contribution < -0.4 is 21.7 Å². The van der Waals surface area contributed by atoms with Gasteiger partial charge in [-0.3, -0.25) is 14.4 Å². The maximum absolute atomic E-state index is 13.2. The Bertz CT molecular complexity index is 886. The molecule has 0 fully saturated rings. The second-order valence-electron chi connectivity index (χ2n) is 8.87. The van der Waals surface area contributed by atoms with Crippen molar-refractivity contribution in [1.29, 1.82) is 0 Å². The zero-order chi connectivity index (χ0) is 28.0. The van der Waals surface area contributed by atoms with Crippen LogP contribution in [0, 0.1) is 5.92 Å². The molecule has 0 aliphatic rings. The molecule has 0 saturated heterocycles. The number of nitrogens with two attached hydrogens (primary N) is 1. The SMILES string of the molecule is CCC(C)C(NC(=O)C(CCSC)NC(=O)C(N)CCSC)C(=O)NC(Cc1ccc(O)cc1)C(=O)O. The third kappa shape index (κ3) is 11.7. The molecule has 7 N–H and O–H groups in total. The fraction of sp³-hybridized carbons (Fsp3) is 0.600. The largest absolute Gasteiger partial charge is 0.508 e. The van der Waals surface area contributed by atoms with Crippen LogP contribution in [0.1, 0.15) is 38.7 Å². The number of amides is 3. The molecule has 5 unspecified atom stereocenters. The quantitative estimate of drug-likeness (QED) is 0.166. The van der Waals surface area contributed by atoms with E-state index in [2.05, 4.69) is 16.0 Å². The first-order valence-corrected chi connectivity index (χ1v) is 15.0. The van der Waals surface area contributed by atoms with Crippen LogP contribution in [0.5, 0.6) is 5.75 Å². The molecule has 0 heterocycles. The normalized spacial score (nSPS) is 15.1. The highest BCUT2D eigenvalue weighted by Crippen LogP contribution is 2.14. The molecule has 1 rings (SSSR count). The van der Waals surface area contributed by atoms with Crippen LogP contribution >= 0.6 is 23.5 Å². The number of hydrogen-bond donors (Lipinski definition) is 6. The van der Waals surface area contributed by atoms with Gasteiger partial charge in [-0.15, -0.1) is 0 Å². The van der Waals surface area contributed by atoms with Crippen molar-refractivity contribution in [2.45, 2.75) is 63.7 Å². The van der Waals surface area contributed by atoms with Gasteiger partial charge in [-0.2, -0.15) is 23.5 Å². The van der Waals surface area contributed by atoms with E-state index in [1.165, 1.54) is 23.9 Å². The Morgan fingerprint density at radius 3 is 2.00 bits per heavy atom. The van der Waals surface area contributed by atoms with Crippen molar-refractivity contribution in [2.24, 2.45) is 11.7 Å². The van der Waals surface area contributed by atoms with Gasteiger partial charge in [-0.25, -0.2) is 4.79 Å². The Kier molecular flexibility index (Phi) is 15.1. The number of phenolic OH excluding ortho intramolecular Hbond substituents is 1. The molecular formula is C25H40N4O6S2. The van der Waals surface area contributed by atoms with Crippen molar-refractivity contribution >= 4 is 47.2 Å². The van der Waals surface area contributed by atoms with E-state index in [9.17, 15) is 29.4 Å². The highest BCUT2D eigenvalue weighted by Gasteiger charge is 2.32. The van der Waals surface area contributed by atoms with E-state index in [1.54, 1.807) is 30.8 Å². The molecule has 0 aliphatic carbocycles. The minimum Gasteiger partial charge on any atom is -0.508 e. The van der Waals surface area contributed by atoms with Crippen LogP contribution in [0.3, 0.4) is 0 Å². The molecule has 0 radical (unpaired) electrons. The molecule has 0 bridgehead atoms. The summed E-state index contributed by atoms with van der Waals surface area (Å²) < 4.78 is 0. The lowest BCUT2D eigenvalue weighted by Crippen LogP contribution is -2.59. The van der Waals surface area contributed by atoms with E-state index >= 15 is 0 Å². The number of phenols is 1. The molecular weight excluding hydrogens is 516 g/mol. The predicted molar refractivity (Wildman–Crippen MR) is 149 cm³/mol. The third-order valence-electron chi connectivity index (χ3n) is 6.00. The maximum atomic E-state index is 13.2.